The minimum Gasteiger partial charge on any atom is -0.383 e. The van der Waals surface area contributed by atoms with Crippen LogP contribution in [0.25, 0.3) is 0 Å². The second-order valence-corrected chi connectivity index (χ2v) is 6.37. The van der Waals surface area contributed by atoms with Gasteiger partial charge in [0.2, 0.25) is 0 Å². The minimum atomic E-state index is 0.466. The van der Waals surface area contributed by atoms with Gasteiger partial charge in [0.25, 0.3) is 0 Å². The molecule has 0 heterocycles. The summed E-state index contributed by atoms with van der Waals surface area (Å²) in [5, 5.41) is 3.73. The molecule has 1 saturated carbocycles. The van der Waals surface area contributed by atoms with Crippen LogP contribution in [-0.2, 0) is 9.47 Å². The van der Waals surface area contributed by atoms with Crippen molar-refractivity contribution in [3.63, 3.8) is 0 Å². The standard InChI is InChI=1S/C17H36N2O2/c1-5-10-18-17-8-6-7-16(17)9-11-19(12-13-20-3)15(2)14-21-4/h15-18H,5-14H2,1-4H3. The third-order valence-electron chi connectivity index (χ3n) is 4.72. The molecule has 4 heteroatoms. The number of nitrogens with zero attached hydrogens (tertiary/aromatic N) is 1. The lowest BCUT2D eigenvalue weighted by molar-refractivity contribution is 0.0706. The van der Waals surface area contributed by atoms with Gasteiger partial charge in [-0.3, -0.25) is 4.90 Å². The summed E-state index contributed by atoms with van der Waals surface area (Å²) < 4.78 is 10.6. The van der Waals surface area contributed by atoms with E-state index in [1.165, 1.54) is 32.1 Å². The third kappa shape index (κ3) is 7.09. The molecule has 0 bridgehead atoms. The van der Waals surface area contributed by atoms with Gasteiger partial charge in [-0.15, -0.1) is 0 Å². The van der Waals surface area contributed by atoms with E-state index in [1.54, 1.807) is 14.2 Å². The highest BCUT2D eigenvalue weighted by atomic mass is 16.5. The van der Waals surface area contributed by atoms with E-state index in [2.05, 4.69) is 24.1 Å². The predicted octanol–water partition coefficient (Wildman–Crippen LogP) is 2.53. The van der Waals surface area contributed by atoms with Crippen molar-refractivity contribution < 1.29 is 9.47 Å². The maximum absolute atomic E-state index is 5.32. The fourth-order valence-corrected chi connectivity index (χ4v) is 3.42. The van der Waals surface area contributed by atoms with Crippen molar-refractivity contribution in [1.29, 1.82) is 0 Å². The van der Waals surface area contributed by atoms with Crippen molar-refractivity contribution in [2.75, 3.05) is 47.1 Å². The van der Waals surface area contributed by atoms with Crippen molar-refractivity contribution in [2.45, 2.75) is 58.0 Å². The molecule has 0 aromatic carbocycles. The third-order valence-corrected chi connectivity index (χ3v) is 4.72. The van der Waals surface area contributed by atoms with Gasteiger partial charge in [0.15, 0.2) is 0 Å². The van der Waals surface area contributed by atoms with Crippen LogP contribution < -0.4 is 5.32 Å². The normalized spacial score (nSPS) is 23.9. The Balaban J connectivity index is 2.39. The molecule has 0 aromatic heterocycles. The molecule has 126 valence electrons. The number of ether oxygens (including phenoxy) is 2. The second-order valence-electron chi connectivity index (χ2n) is 6.37. The Hall–Kier alpha value is -0.160. The lowest BCUT2D eigenvalue weighted by Crippen LogP contribution is -2.41. The van der Waals surface area contributed by atoms with E-state index in [4.69, 9.17) is 9.47 Å². The number of methoxy groups -OCH3 is 2. The van der Waals surface area contributed by atoms with Gasteiger partial charge in [-0.25, -0.2) is 0 Å². The van der Waals surface area contributed by atoms with Gasteiger partial charge in [0.1, 0.15) is 0 Å². The Bertz CT molecular complexity index is 251. The Morgan fingerprint density at radius 3 is 2.67 bits per heavy atom. The highest BCUT2D eigenvalue weighted by Crippen LogP contribution is 2.28. The molecule has 21 heavy (non-hydrogen) atoms. The van der Waals surface area contributed by atoms with Crippen LogP contribution in [0.1, 0.15) is 46.0 Å². The zero-order valence-electron chi connectivity index (χ0n) is 14.6. The number of rotatable bonds is 12. The number of hydrogen-bond donors (Lipinski definition) is 1. The average molecular weight is 300 g/mol. The SMILES string of the molecule is CCCNC1CCCC1CCN(CCOC)C(C)COC. The quantitative estimate of drug-likeness (QED) is 0.600. The molecule has 0 radical (unpaired) electrons. The molecule has 1 rings (SSSR count). The molecule has 1 aliphatic carbocycles. The lowest BCUT2D eigenvalue weighted by Gasteiger charge is -2.30. The second kappa shape index (κ2) is 11.4. The van der Waals surface area contributed by atoms with Crippen LogP contribution in [0, 0.1) is 5.92 Å². The lowest BCUT2D eigenvalue weighted by atomic mass is 9.98. The van der Waals surface area contributed by atoms with Crippen molar-refractivity contribution in [3.05, 3.63) is 0 Å². The smallest absolute Gasteiger partial charge is 0.0615 e. The van der Waals surface area contributed by atoms with Crippen LogP contribution in [-0.4, -0.2) is 64.1 Å². The number of hydrogen-bond acceptors (Lipinski definition) is 4. The zero-order chi connectivity index (χ0) is 15.5. The first-order valence-corrected chi connectivity index (χ1v) is 8.68. The molecule has 0 aromatic rings. The summed E-state index contributed by atoms with van der Waals surface area (Å²) in [5.74, 6) is 0.844. The molecule has 0 amide bonds. The van der Waals surface area contributed by atoms with E-state index >= 15 is 0 Å². The van der Waals surface area contributed by atoms with E-state index < -0.39 is 0 Å². The first kappa shape index (κ1) is 18.9. The first-order chi connectivity index (χ1) is 10.2. The van der Waals surface area contributed by atoms with Crippen LogP contribution in [0.2, 0.25) is 0 Å². The Morgan fingerprint density at radius 1 is 1.19 bits per heavy atom. The molecular weight excluding hydrogens is 264 g/mol. The van der Waals surface area contributed by atoms with Gasteiger partial charge >= 0.3 is 0 Å². The molecule has 0 saturated heterocycles. The Kier molecular flexibility index (Phi) is 10.3. The molecule has 1 N–H and O–H groups in total. The van der Waals surface area contributed by atoms with Gasteiger partial charge in [-0.05, 0) is 51.6 Å². The van der Waals surface area contributed by atoms with Gasteiger partial charge in [-0.2, -0.15) is 0 Å². The average Bonchev–Trinajstić information content (AvgIpc) is 2.92. The van der Waals surface area contributed by atoms with E-state index in [0.717, 1.165) is 44.8 Å². The molecule has 1 aliphatic rings. The minimum absolute atomic E-state index is 0.466. The molecule has 3 unspecified atom stereocenters. The zero-order valence-corrected chi connectivity index (χ0v) is 14.6. The van der Waals surface area contributed by atoms with Crippen molar-refractivity contribution in [2.24, 2.45) is 5.92 Å². The van der Waals surface area contributed by atoms with Gasteiger partial charge < -0.3 is 14.8 Å². The molecule has 0 spiro atoms. The van der Waals surface area contributed by atoms with Gasteiger partial charge in [-0.1, -0.05) is 13.3 Å². The fourth-order valence-electron chi connectivity index (χ4n) is 3.42. The van der Waals surface area contributed by atoms with E-state index in [-0.39, 0.29) is 0 Å². The van der Waals surface area contributed by atoms with Crippen LogP contribution in [0.15, 0.2) is 0 Å². The highest BCUT2D eigenvalue weighted by molar-refractivity contribution is 4.84. The predicted molar refractivity (Wildman–Crippen MR) is 88.8 cm³/mol. The summed E-state index contributed by atoms with van der Waals surface area (Å²) in [6.45, 7) is 9.41. The fraction of sp³-hybridized carbons (Fsp3) is 1.00. The van der Waals surface area contributed by atoms with E-state index in [1.807, 2.05) is 0 Å². The summed E-state index contributed by atoms with van der Waals surface area (Å²) in [6.07, 6.45) is 6.65. The van der Waals surface area contributed by atoms with Crippen molar-refractivity contribution in [1.82, 2.24) is 10.2 Å². The molecule has 3 atom stereocenters. The van der Waals surface area contributed by atoms with Crippen LogP contribution in [0.4, 0.5) is 0 Å². The molecule has 4 nitrogen and oxygen atoms in total. The van der Waals surface area contributed by atoms with E-state index in [0.29, 0.717) is 6.04 Å². The monoisotopic (exact) mass is 300 g/mol. The van der Waals surface area contributed by atoms with Crippen molar-refractivity contribution >= 4 is 0 Å². The first-order valence-electron chi connectivity index (χ1n) is 8.68. The summed E-state index contributed by atoms with van der Waals surface area (Å²) in [5.41, 5.74) is 0. The summed E-state index contributed by atoms with van der Waals surface area (Å²) in [4.78, 5) is 2.52. The van der Waals surface area contributed by atoms with Gasteiger partial charge in [0.05, 0.1) is 13.2 Å². The van der Waals surface area contributed by atoms with Gasteiger partial charge in [0, 0.05) is 32.8 Å². The summed E-state index contributed by atoms with van der Waals surface area (Å²) >= 11 is 0. The molecule has 1 fully saturated rings. The topological polar surface area (TPSA) is 33.7 Å². The van der Waals surface area contributed by atoms with E-state index in [9.17, 15) is 0 Å². The maximum atomic E-state index is 5.32. The largest absolute Gasteiger partial charge is 0.383 e. The molecular formula is C17H36N2O2. The van der Waals surface area contributed by atoms with Crippen molar-refractivity contribution in [3.8, 4) is 0 Å². The van der Waals surface area contributed by atoms with Crippen LogP contribution in [0.5, 0.6) is 0 Å². The van der Waals surface area contributed by atoms with Crippen LogP contribution >= 0.6 is 0 Å². The summed E-state index contributed by atoms with van der Waals surface area (Å²) in [7, 11) is 3.56. The summed E-state index contributed by atoms with van der Waals surface area (Å²) in [6, 6.07) is 1.21. The number of nitrogens with one attached hydrogen (secondary N) is 1. The Labute approximate surface area is 131 Å². The molecule has 0 aliphatic heterocycles. The highest BCUT2D eigenvalue weighted by Gasteiger charge is 2.27. The Morgan fingerprint density at radius 2 is 2.00 bits per heavy atom. The van der Waals surface area contributed by atoms with Crippen LogP contribution in [0.3, 0.4) is 0 Å². The maximum Gasteiger partial charge on any atom is 0.0615 e.